The molecule has 0 unspecified atom stereocenters. The third-order valence-electron chi connectivity index (χ3n) is 6.02. The summed E-state index contributed by atoms with van der Waals surface area (Å²) in [7, 11) is 0. The molecule has 0 aromatic carbocycles. The highest BCUT2D eigenvalue weighted by molar-refractivity contribution is 5.74. The standard InChI is InChI=1S/C23H28FN5O/c1-16-11-18(13-25-17(16)2)14-26-20-5-7-28(8-6-20)9-10-29-22-12-19(24)15-27-21(22)3-4-23(29)30/h3-4,11-13,15,20,26H,5-10,14H2,1-2H3. The molecule has 1 fully saturated rings. The molecule has 1 aliphatic heterocycles. The smallest absolute Gasteiger partial charge is 0.251 e. The van der Waals surface area contributed by atoms with Crippen LogP contribution in [-0.2, 0) is 13.1 Å². The third kappa shape index (κ3) is 4.74. The molecule has 4 rings (SSSR count). The summed E-state index contributed by atoms with van der Waals surface area (Å²) in [5, 5.41) is 3.65. The molecule has 1 aliphatic rings. The minimum absolute atomic E-state index is 0.117. The average molecular weight is 410 g/mol. The Morgan fingerprint density at radius 3 is 2.67 bits per heavy atom. The van der Waals surface area contributed by atoms with E-state index in [4.69, 9.17) is 0 Å². The Balaban J connectivity index is 1.30. The monoisotopic (exact) mass is 409 g/mol. The summed E-state index contributed by atoms with van der Waals surface area (Å²) in [6.45, 7) is 8.22. The second-order valence-corrected chi connectivity index (χ2v) is 8.12. The molecular weight excluding hydrogens is 381 g/mol. The predicted molar refractivity (Wildman–Crippen MR) is 116 cm³/mol. The Morgan fingerprint density at radius 1 is 1.10 bits per heavy atom. The average Bonchev–Trinajstić information content (AvgIpc) is 2.74. The fourth-order valence-corrected chi connectivity index (χ4v) is 4.04. The number of hydrogen-bond acceptors (Lipinski definition) is 5. The first-order valence-electron chi connectivity index (χ1n) is 10.5. The van der Waals surface area contributed by atoms with Crippen molar-refractivity contribution in [2.75, 3.05) is 19.6 Å². The minimum atomic E-state index is -0.423. The van der Waals surface area contributed by atoms with Crippen LogP contribution in [0.4, 0.5) is 4.39 Å². The summed E-state index contributed by atoms with van der Waals surface area (Å²) in [6.07, 6.45) is 5.27. The summed E-state index contributed by atoms with van der Waals surface area (Å²) < 4.78 is 15.3. The van der Waals surface area contributed by atoms with Gasteiger partial charge in [0.2, 0.25) is 0 Å². The first-order valence-corrected chi connectivity index (χ1v) is 10.5. The fourth-order valence-electron chi connectivity index (χ4n) is 4.04. The maximum Gasteiger partial charge on any atom is 0.251 e. The molecule has 0 bridgehead atoms. The van der Waals surface area contributed by atoms with Gasteiger partial charge in [0, 0.05) is 49.7 Å². The number of aromatic nitrogens is 3. The zero-order valence-corrected chi connectivity index (χ0v) is 17.6. The third-order valence-corrected chi connectivity index (χ3v) is 6.02. The molecular formula is C23H28FN5O. The summed E-state index contributed by atoms with van der Waals surface area (Å²) in [4.78, 5) is 23.2. The number of likely N-dealkylation sites (tertiary alicyclic amines) is 1. The summed E-state index contributed by atoms with van der Waals surface area (Å²) in [5.41, 5.74) is 4.60. The maximum atomic E-state index is 13.6. The van der Waals surface area contributed by atoms with E-state index in [2.05, 4.69) is 33.2 Å². The molecule has 1 saturated heterocycles. The van der Waals surface area contributed by atoms with Gasteiger partial charge >= 0.3 is 0 Å². The van der Waals surface area contributed by atoms with Crippen LogP contribution in [0.25, 0.3) is 11.0 Å². The number of hydrogen-bond donors (Lipinski definition) is 1. The van der Waals surface area contributed by atoms with Crippen LogP contribution < -0.4 is 10.9 Å². The van der Waals surface area contributed by atoms with E-state index >= 15 is 0 Å². The van der Waals surface area contributed by atoms with Gasteiger partial charge in [0.15, 0.2) is 0 Å². The molecule has 4 heterocycles. The minimum Gasteiger partial charge on any atom is -0.310 e. The highest BCUT2D eigenvalue weighted by Gasteiger charge is 2.19. The van der Waals surface area contributed by atoms with E-state index in [1.165, 1.54) is 29.5 Å². The highest BCUT2D eigenvalue weighted by atomic mass is 19.1. The Labute approximate surface area is 175 Å². The molecule has 1 N–H and O–H groups in total. The molecule has 7 heteroatoms. The Kier molecular flexibility index (Phi) is 6.20. The first kappa shape index (κ1) is 20.6. The van der Waals surface area contributed by atoms with Gasteiger partial charge in [-0.15, -0.1) is 0 Å². The van der Waals surface area contributed by atoms with Crippen LogP contribution in [0.1, 0.15) is 29.7 Å². The van der Waals surface area contributed by atoms with Crippen molar-refractivity contribution in [3.8, 4) is 0 Å². The number of nitrogens with zero attached hydrogens (tertiary/aromatic N) is 4. The Hall–Kier alpha value is -2.64. The molecule has 158 valence electrons. The van der Waals surface area contributed by atoms with Crippen LogP contribution in [-0.4, -0.2) is 45.1 Å². The summed E-state index contributed by atoms with van der Waals surface area (Å²) in [6, 6.07) is 7.23. The lowest BCUT2D eigenvalue weighted by molar-refractivity contribution is 0.191. The van der Waals surface area contributed by atoms with Crippen molar-refractivity contribution >= 4 is 11.0 Å². The largest absolute Gasteiger partial charge is 0.310 e. The number of pyridine rings is 3. The van der Waals surface area contributed by atoms with Gasteiger partial charge in [-0.2, -0.15) is 0 Å². The molecule has 0 radical (unpaired) electrons. The molecule has 0 aliphatic carbocycles. The van der Waals surface area contributed by atoms with E-state index < -0.39 is 5.82 Å². The van der Waals surface area contributed by atoms with E-state index in [1.54, 1.807) is 10.6 Å². The molecule has 30 heavy (non-hydrogen) atoms. The van der Waals surface area contributed by atoms with Crippen molar-refractivity contribution in [2.24, 2.45) is 0 Å². The van der Waals surface area contributed by atoms with Crippen LogP contribution in [0.15, 0.2) is 41.5 Å². The number of piperidine rings is 1. The second kappa shape index (κ2) is 9.02. The Bertz CT molecular complexity index is 1090. The van der Waals surface area contributed by atoms with E-state index in [0.717, 1.165) is 44.7 Å². The molecule has 0 saturated carbocycles. The fraction of sp³-hybridized carbons (Fsp3) is 0.435. The topological polar surface area (TPSA) is 63.0 Å². The van der Waals surface area contributed by atoms with E-state index in [1.807, 2.05) is 13.1 Å². The maximum absolute atomic E-state index is 13.6. The molecule has 6 nitrogen and oxygen atoms in total. The van der Waals surface area contributed by atoms with Crippen molar-refractivity contribution in [1.29, 1.82) is 0 Å². The SMILES string of the molecule is Cc1cc(CNC2CCN(CCn3c(=O)ccc4ncc(F)cc43)CC2)cnc1C. The lowest BCUT2D eigenvalue weighted by Crippen LogP contribution is -2.43. The van der Waals surface area contributed by atoms with Gasteiger partial charge in [0.05, 0.1) is 17.2 Å². The summed E-state index contributed by atoms with van der Waals surface area (Å²) in [5.74, 6) is -0.423. The van der Waals surface area contributed by atoms with Crippen LogP contribution in [0, 0.1) is 19.7 Å². The van der Waals surface area contributed by atoms with Crippen molar-refractivity contribution in [3.63, 3.8) is 0 Å². The number of halogens is 1. The highest BCUT2D eigenvalue weighted by Crippen LogP contribution is 2.14. The summed E-state index contributed by atoms with van der Waals surface area (Å²) >= 11 is 0. The van der Waals surface area contributed by atoms with Crippen LogP contribution in [0.3, 0.4) is 0 Å². The number of nitrogens with one attached hydrogen (secondary N) is 1. The van der Waals surface area contributed by atoms with Gasteiger partial charge in [-0.05, 0) is 57.0 Å². The normalized spacial score (nSPS) is 15.7. The second-order valence-electron chi connectivity index (χ2n) is 8.12. The Morgan fingerprint density at radius 2 is 1.90 bits per heavy atom. The number of rotatable bonds is 6. The van der Waals surface area contributed by atoms with Gasteiger partial charge in [-0.25, -0.2) is 4.39 Å². The van der Waals surface area contributed by atoms with Gasteiger partial charge < -0.3 is 14.8 Å². The molecule has 3 aromatic heterocycles. The van der Waals surface area contributed by atoms with Crippen molar-refractivity contribution in [3.05, 3.63) is 69.7 Å². The van der Waals surface area contributed by atoms with Crippen LogP contribution >= 0.6 is 0 Å². The quantitative estimate of drug-likeness (QED) is 0.678. The molecule has 3 aromatic rings. The zero-order chi connectivity index (χ0) is 21.1. The number of fused-ring (bicyclic) bond motifs is 1. The van der Waals surface area contributed by atoms with E-state index in [9.17, 15) is 9.18 Å². The van der Waals surface area contributed by atoms with E-state index in [-0.39, 0.29) is 5.56 Å². The van der Waals surface area contributed by atoms with Crippen molar-refractivity contribution in [2.45, 2.75) is 45.8 Å². The first-order chi connectivity index (χ1) is 14.5. The van der Waals surface area contributed by atoms with Crippen molar-refractivity contribution < 1.29 is 4.39 Å². The van der Waals surface area contributed by atoms with Crippen LogP contribution in [0.2, 0.25) is 0 Å². The van der Waals surface area contributed by atoms with Crippen LogP contribution in [0.5, 0.6) is 0 Å². The van der Waals surface area contributed by atoms with Crippen molar-refractivity contribution in [1.82, 2.24) is 24.8 Å². The lowest BCUT2D eigenvalue weighted by Gasteiger charge is -2.32. The van der Waals surface area contributed by atoms with Gasteiger partial charge in [0.25, 0.3) is 5.56 Å². The lowest BCUT2D eigenvalue weighted by atomic mass is 10.0. The predicted octanol–water partition coefficient (Wildman–Crippen LogP) is 2.80. The zero-order valence-electron chi connectivity index (χ0n) is 17.6. The molecule has 0 amide bonds. The molecule has 0 spiro atoms. The number of aryl methyl sites for hydroxylation is 2. The van der Waals surface area contributed by atoms with Gasteiger partial charge in [-0.3, -0.25) is 14.8 Å². The van der Waals surface area contributed by atoms with Gasteiger partial charge in [0.1, 0.15) is 5.82 Å². The van der Waals surface area contributed by atoms with E-state index in [0.29, 0.717) is 23.6 Å². The van der Waals surface area contributed by atoms with Gasteiger partial charge in [-0.1, -0.05) is 6.07 Å². The molecule has 0 atom stereocenters.